The number of benzene rings is 1. The molecule has 1 aromatic carbocycles. The molecular formula is C19H27FN2O2. The van der Waals surface area contributed by atoms with Crippen LogP contribution in [0.2, 0.25) is 0 Å². The predicted molar refractivity (Wildman–Crippen MR) is 94.0 cm³/mol. The Morgan fingerprint density at radius 3 is 2.54 bits per heavy atom. The number of hydrogen-bond donors (Lipinski definition) is 1. The smallest absolute Gasteiger partial charge is 0.246 e. The van der Waals surface area contributed by atoms with Crippen LogP contribution in [0.1, 0.15) is 31.7 Å². The van der Waals surface area contributed by atoms with Crippen molar-refractivity contribution in [1.82, 2.24) is 9.80 Å². The monoisotopic (exact) mass is 334 g/mol. The van der Waals surface area contributed by atoms with Gasteiger partial charge < -0.3 is 14.9 Å². The topological polar surface area (TPSA) is 43.8 Å². The molecule has 1 N–H and O–H groups in total. The number of hydrogen-bond acceptors (Lipinski definition) is 3. The van der Waals surface area contributed by atoms with Gasteiger partial charge in [-0.05, 0) is 56.5 Å². The molecule has 1 aromatic rings. The summed E-state index contributed by atoms with van der Waals surface area (Å²) in [6, 6.07) is 6.67. The van der Waals surface area contributed by atoms with Crippen molar-refractivity contribution in [2.75, 3.05) is 33.3 Å². The van der Waals surface area contributed by atoms with Gasteiger partial charge in [-0.1, -0.05) is 12.1 Å². The van der Waals surface area contributed by atoms with E-state index in [0.29, 0.717) is 6.04 Å². The van der Waals surface area contributed by atoms with E-state index in [1.807, 2.05) is 11.8 Å². The predicted octanol–water partition coefficient (Wildman–Crippen LogP) is 2.53. The molecule has 0 spiro atoms. The Bertz CT molecular complexity index is 563. The maximum Gasteiger partial charge on any atom is 0.246 e. The lowest BCUT2D eigenvalue weighted by Gasteiger charge is -2.36. The van der Waals surface area contributed by atoms with Crippen molar-refractivity contribution in [1.29, 1.82) is 0 Å². The number of likely N-dealkylation sites (tertiary alicyclic amines) is 1. The fraction of sp³-hybridized carbons (Fsp3) is 0.526. The van der Waals surface area contributed by atoms with Gasteiger partial charge in [0.05, 0.1) is 0 Å². The number of aliphatic hydroxyl groups is 1. The fourth-order valence-corrected chi connectivity index (χ4v) is 3.10. The van der Waals surface area contributed by atoms with Crippen LogP contribution < -0.4 is 0 Å². The van der Waals surface area contributed by atoms with Gasteiger partial charge in [-0.2, -0.15) is 0 Å². The average Bonchev–Trinajstić information content (AvgIpc) is 2.60. The Labute approximate surface area is 143 Å². The molecule has 0 aromatic heterocycles. The molecule has 1 amide bonds. The molecule has 132 valence electrons. The van der Waals surface area contributed by atoms with Gasteiger partial charge in [0.2, 0.25) is 5.91 Å². The van der Waals surface area contributed by atoms with E-state index in [1.165, 1.54) is 12.1 Å². The maximum absolute atomic E-state index is 13.0. The van der Waals surface area contributed by atoms with Crippen molar-refractivity contribution in [3.63, 3.8) is 0 Å². The highest BCUT2D eigenvalue weighted by Gasteiger charge is 2.24. The fourth-order valence-electron chi connectivity index (χ4n) is 3.10. The zero-order chi connectivity index (χ0) is 17.5. The van der Waals surface area contributed by atoms with Crippen molar-refractivity contribution < 1.29 is 14.3 Å². The van der Waals surface area contributed by atoms with Gasteiger partial charge in [0.15, 0.2) is 0 Å². The Morgan fingerprint density at radius 2 is 1.96 bits per heavy atom. The Hall–Kier alpha value is -1.72. The van der Waals surface area contributed by atoms with Crippen molar-refractivity contribution in [3.8, 4) is 0 Å². The van der Waals surface area contributed by atoms with E-state index in [0.717, 1.165) is 50.0 Å². The van der Waals surface area contributed by atoms with E-state index in [2.05, 4.69) is 11.9 Å². The standard InChI is InChI=1S/C19H27FN2O2/c1-15(16-4-6-17(20)7-5-16)14-19(24)22-11-8-18(9-12-22)21(2)10-3-13-23/h4-7,14,18,23H,3,8-13H2,1-2H3/b15-14-. The molecule has 1 fully saturated rings. The summed E-state index contributed by atoms with van der Waals surface area (Å²) in [6.07, 6.45) is 4.34. The largest absolute Gasteiger partial charge is 0.396 e. The SMILES string of the molecule is C/C(=C/C(=O)N1CCC(N(C)CCCO)CC1)c1ccc(F)cc1. The number of nitrogens with zero attached hydrogens (tertiary/aromatic N) is 2. The van der Waals surface area contributed by atoms with E-state index >= 15 is 0 Å². The molecule has 0 saturated carbocycles. The second-order valence-corrected chi connectivity index (χ2v) is 6.45. The molecule has 1 aliphatic rings. The van der Waals surface area contributed by atoms with Crippen LogP contribution in [0.3, 0.4) is 0 Å². The van der Waals surface area contributed by atoms with Crippen LogP contribution in [0, 0.1) is 5.82 Å². The summed E-state index contributed by atoms with van der Waals surface area (Å²) in [5.41, 5.74) is 1.71. The number of rotatable bonds is 6. The molecule has 0 atom stereocenters. The highest BCUT2D eigenvalue weighted by Crippen LogP contribution is 2.18. The van der Waals surface area contributed by atoms with Crippen molar-refractivity contribution in [2.24, 2.45) is 0 Å². The number of carbonyl (C=O) groups excluding carboxylic acids is 1. The maximum atomic E-state index is 13.0. The number of allylic oxidation sites excluding steroid dienone is 1. The summed E-state index contributed by atoms with van der Waals surface area (Å²) in [7, 11) is 2.08. The lowest BCUT2D eigenvalue weighted by atomic mass is 10.0. The second-order valence-electron chi connectivity index (χ2n) is 6.45. The first-order valence-corrected chi connectivity index (χ1v) is 8.55. The molecule has 5 heteroatoms. The van der Waals surface area contributed by atoms with Gasteiger partial charge in [0, 0.05) is 38.4 Å². The molecular weight excluding hydrogens is 307 g/mol. The number of carbonyl (C=O) groups is 1. The van der Waals surface area contributed by atoms with E-state index in [9.17, 15) is 9.18 Å². The summed E-state index contributed by atoms with van der Waals surface area (Å²) in [4.78, 5) is 16.6. The zero-order valence-electron chi connectivity index (χ0n) is 14.5. The van der Waals surface area contributed by atoms with Gasteiger partial charge in [0.25, 0.3) is 0 Å². The summed E-state index contributed by atoms with van der Waals surface area (Å²) < 4.78 is 13.0. The molecule has 2 rings (SSSR count). The number of halogens is 1. The van der Waals surface area contributed by atoms with Gasteiger partial charge in [-0.25, -0.2) is 4.39 Å². The molecule has 0 radical (unpaired) electrons. The average molecular weight is 334 g/mol. The van der Waals surface area contributed by atoms with Crippen LogP contribution in [0.4, 0.5) is 4.39 Å². The third kappa shape index (κ3) is 5.14. The minimum atomic E-state index is -0.273. The van der Waals surface area contributed by atoms with Crippen LogP contribution in [-0.4, -0.2) is 60.1 Å². The minimum absolute atomic E-state index is 0.0216. The third-order valence-corrected chi connectivity index (χ3v) is 4.71. The van der Waals surface area contributed by atoms with Gasteiger partial charge >= 0.3 is 0 Å². The van der Waals surface area contributed by atoms with Crippen LogP contribution >= 0.6 is 0 Å². The van der Waals surface area contributed by atoms with E-state index in [4.69, 9.17) is 5.11 Å². The first kappa shape index (κ1) is 18.6. The number of aliphatic hydroxyl groups excluding tert-OH is 1. The Balaban J connectivity index is 1.88. The van der Waals surface area contributed by atoms with Crippen molar-refractivity contribution in [3.05, 3.63) is 41.7 Å². The molecule has 0 bridgehead atoms. The van der Waals surface area contributed by atoms with Crippen LogP contribution in [0.25, 0.3) is 5.57 Å². The molecule has 1 saturated heterocycles. The van der Waals surface area contributed by atoms with Gasteiger partial charge in [-0.15, -0.1) is 0 Å². The summed E-state index contributed by atoms with van der Waals surface area (Å²) >= 11 is 0. The van der Waals surface area contributed by atoms with Gasteiger partial charge in [-0.3, -0.25) is 4.79 Å². The quantitative estimate of drug-likeness (QED) is 0.813. The molecule has 24 heavy (non-hydrogen) atoms. The minimum Gasteiger partial charge on any atom is -0.396 e. The Morgan fingerprint density at radius 1 is 1.33 bits per heavy atom. The molecule has 0 aliphatic carbocycles. The molecule has 0 unspecified atom stereocenters. The molecule has 4 nitrogen and oxygen atoms in total. The van der Waals surface area contributed by atoms with E-state index in [1.54, 1.807) is 18.2 Å². The lowest BCUT2D eigenvalue weighted by molar-refractivity contribution is -0.127. The van der Waals surface area contributed by atoms with Crippen LogP contribution in [0.5, 0.6) is 0 Å². The highest BCUT2D eigenvalue weighted by atomic mass is 19.1. The Kier molecular flexibility index (Phi) is 6.94. The highest BCUT2D eigenvalue weighted by molar-refractivity contribution is 5.94. The number of piperidine rings is 1. The molecule has 1 aliphatic heterocycles. The van der Waals surface area contributed by atoms with E-state index in [-0.39, 0.29) is 18.3 Å². The van der Waals surface area contributed by atoms with Gasteiger partial charge in [0.1, 0.15) is 5.82 Å². The normalized spacial score (nSPS) is 16.7. The first-order chi connectivity index (χ1) is 11.5. The third-order valence-electron chi connectivity index (χ3n) is 4.71. The molecule has 1 heterocycles. The lowest BCUT2D eigenvalue weighted by Crippen LogP contribution is -2.45. The summed E-state index contributed by atoms with van der Waals surface area (Å²) in [6.45, 7) is 4.48. The van der Waals surface area contributed by atoms with Crippen molar-refractivity contribution >= 4 is 11.5 Å². The van der Waals surface area contributed by atoms with E-state index < -0.39 is 0 Å². The summed E-state index contributed by atoms with van der Waals surface area (Å²) in [5.74, 6) is -0.251. The number of amides is 1. The van der Waals surface area contributed by atoms with Crippen LogP contribution in [0.15, 0.2) is 30.3 Å². The van der Waals surface area contributed by atoms with Crippen LogP contribution in [-0.2, 0) is 4.79 Å². The second kappa shape index (κ2) is 8.94. The zero-order valence-corrected chi connectivity index (χ0v) is 14.5. The first-order valence-electron chi connectivity index (χ1n) is 8.55. The summed E-state index contributed by atoms with van der Waals surface area (Å²) in [5, 5.41) is 8.91. The van der Waals surface area contributed by atoms with Crippen molar-refractivity contribution in [2.45, 2.75) is 32.2 Å².